The summed E-state index contributed by atoms with van der Waals surface area (Å²) >= 11 is 1.45. The van der Waals surface area contributed by atoms with Crippen LogP contribution in [0.3, 0.4) is 0 Å². The van der Waals surface area contributed by atoms with E-state index in [0.29, 0.717) is 0 Å². The molecule has 0 radical (unpaired) electrons. The summed E-state index contributed by atoms with van der Waals surface area (Å²) in [5, 5.41) is 0. The Balaban J connectivity index is 1.82. The average molecular weight is 343 g/mol. The Hall–Kier alpha value is -1.72. The molecule has 0 spiro atoms. The Morgan fingerprint density at radius 1 is 1.29 bits per heavy atom. The fourth-order valence-electron chi connectivity index (χ4n) is 3.37. The lowest BCUT2D eigenvalue weighted by Crippen LogP contribution is -2.38. The Bertz CT molecular complexity index is 693. The molecule has 0 aliphatic carbocycles. The summed E-state index contributed by atoms with van der Waals surface area (Å²) < 4.78 is 0. The molecule has 1 fully saturated rings. The van der Waals surface area contributed by atoms with Crippen LogP contribution in [0, 0.1) is 6.92 Å². The van der Waals surface area contributed by atoms with E-state index in [0.717, 1.165) is 36.5 Å². The van der Waals surface area contributed by atoms with Gasteiger partial charge < -0.3 is 9.80 Å². The van der Waals surface area contributed by atoms with Gasteiger partial charge in [0.2, 0.25) is 0 Å². The Kier molecular flexibility index (Phi) is 5.31. The van der Waals surface area contributed by atoms with Gasteiger partial charge in [-0.15, -0.1) is 11.3 Å². The van der Waals surface area contributed by atoms with Crippen LogP contribution >= 0.6 is 11.3 Å². The summed E-state index contributed by atoms with van der Waals surface area (Å²) in [5.74, 6) is 0.136. The van der Waals surface area contributed by atoms with E-state index in [-0.39, 0.29) is 11.9 Å². The van der Waals surface area contributed by atoms with E-state index in [1.165, 1.54) is 28.9 Å². The van der Waals surface area contributed by atoms with Gasteiger partial charge in [-0.1, -0.05) is 24.3 Å². The van der Waals surface area contributed by atoms with Gasteiger partial charge >= 0.3 is 0 Å². The first-order valence-electron chi connectivity index (χ1n) is 8.51. The minimum absolute atomic E-state index is 0.136. The van der Waals surface area contributed by atoms with Crippen molar-refractivity contribution in [1.82, 2.24) is 14.8 Å². The summed E-state index contributed by atoms with van der Waals surface area (Å²) in [5.41, 5.74) is 5.15. The van der Waals surface area contributed by atoms with Crippen molar-refractivity contribution < 1.29 is 4.79 Å². The van der Waals surface area contributed by atoms with Gasteiger partial charge in [0.05, 0.1) is 17.2 Å². The first-order chi connectivity index (χ1) is 11.6. The molecule has 2 heterocycles. The quantitative estimate of drug-likeness (QED) is 0.845. The maximum atomic E-state index is 13.0. The highest BCUT2D eigenvalue weighted by Crippen LogP contribution is 2.33. The van der Waals surface area contributed by atoms with Crippen LogP contribution in [-0.4, -0.2) is 41.3 Å². The smallest absolute Gasteiger partial charge is 0.266 e. The molecule has 1 aromatic heterocycles. The van der Waals surface area contributed by atoms with Gasteiger partial charge in [0.25, 0.3) is 5.91 Å². The minimum Gasteiger partial charge on any atom is -0.331 e. The van der Waals surface area contributed by atoms with Crippen molar-refractivity contribution in [1.29, 1.82) is 0 Å². The SMILES string of the molecule is Cc1ncsc1C(=O)N1CCCC[C@@H]1c1ccc(CN(C)C)cc1. The molecule has 1 amide bonds. The maximum absolute atomic E-state index is 13.0. The number of carbonyl (C=O) groups excluding carboxylic acids is 1. The van der Waals surface area contributed by atoms with Crippen molar-refractivity contribution in [2.24, 2.45) is 0 Å². The van der Waals surface area contributed by atoms with Crippen LogP contribution in [-0.2, 0) is 6.54 Å². The number of aryl methyl sites for hydroxylation is 1. The lowest BCUT2D eigenvalue weighted by atomic mass is 9.94. The van der Waals surface area contributed by atoms with E-state index in [2.05, 4.69) is 48.2 Å². The third-order valence-corrected chi connectivity index (χ3v) is 5.48. The fraction of sp³-hybridized carbons (Fsp3) is 0.474. The normalized spacial score (nSPS) is 18.2. The fourth-order valence-corrected chi connectivity index (χ4v) is 4.13. The molecule has 1 aliphatic rings. The number of piperidine rings is 1. The minimum atomic E-state index is 0.136. The third kappa shape index (κ3) is 3.68. The van der Waals surface area contributed by atoms with Gasteiger partial charge in [-0.25, -0.2) is 4.98 Å². The van der Waals surface area contributed by atoms with Crippen LogP contribution in [0.2, 0.25) is 0 Å². The number of carbonyl (C=O) groups is 1. The number of rotatable bonds is 4. The highest BCUT2D eigenvalue weighted by atomic mass is 32.1. The number of thiazole rings is 1. The van der Waals surface area contributed by atoms with E-state index in [1.54, 1.807) is 5.51 Å². The molecule has 1 aromatic carbocycles. The van der Waals surface area contributed by atoms with Crippen LogP contribution in [0.5, 0.6) is 0 Å². The van der Waals surface area contributed by atoms with Crippen LogP contribution in [0.1, 0.15) is 51.8 Å². The molecule has 0 unspecified atom stereocenters. The second-order valence-corrected chi connectivity index (χ2v) is 7.61. The van der Waals surface area contributed by atoms with Gasteiger partial charge in [-0.2, -0.15) is 0 Å². The first kappa shape index (κ1) is 17.1. The number of hydrogen-bond acceptors (Lipinski definition) is 4. The van der Waals surface area contributed by atoms with Crippen molar-refractivity contribution in [2.75, 3.05) is 20.6 Å². The Labute approximate surface area is 148 Å². The molecule has 5 heteroatoms. The second-order valence-electron chi connectivity index (χ2n) is 6.76. The second kappa shape index (κ2) is 7.45. The van der Waals surface area contributed by atoms with Crippen molar-refractivity contribution >= 4 is 17.2 Å². The van der Waals surface area contributed by atoms with Gasteiger partial charge in [-0.05, 0) is 51.4 Å². The molecule has 0 bridgehead atoms. The summed E-state index contributed by atoms with van der Waals surface area (Å²) in [6.45, 7) is 3.69. The lowest BCUT2D eigenvalue weighted by molar-refractivity contribution is 0.0615. The zero-order valence-corrected chi connectivity index (χ0v) is 15.5. The molecule has 128 valence electrons. The number of hydrogen-bond donors (Lipinski definition) is 0. The van der Waals surface area contributed by atoms with Crippen LogP contribution in [0.4, 0.5) is 0 Å². The summed E-state index contributed by atoms with van der Waals surface area (Å²) in [4.78, 5) is 22.2. The average Bonchev–Trinajstić information content (AvgIpc) is 3.00. The zero-order chi connectivity index (χ0) is 17.1. The molecule has 1 saturated heterocycles. The molecule has 1 atom stereocenters. The van der Waals surface area contributed by atoms with Gasteiger partial charge in [-0.3, -0.25) is 4.79 Å². The molecular weight excluding hydrogens is 318 g/mol. The highest BCUT2D eigenvalue weighted by molar-refractivity contribution is 7.11. The highest BCUT2D eigenvalue weighted by Gasteiger charge is 2.30. The van der Waals surface area contributed by atoms with E-state index in [9.17, 15) is 4.79 Å². The number of nitrogens with zero attached hydrogens (tertiary/aromatic N) is 3. The molecule has 0 N–H and O–H groups in total. The predicted molar refractivity (Wildman–Crippen MR) is 98.3 cm³/mol. The molecule has 2 aromatic rings. The van der Waals surface area contributed by atoms with Gasteiger partial charge in [0, 0.05) is 13.1 Å². The number of amides is 1. The van der Waals surface area contributed by atoms with Crippen molar-refractivity contribution in [2.45, 2.75) is 38.8 Å². The van der Waals surface area contributed by atoms with Crippen LogP contribution in [0.15, 0.2) is 29.8 Å². The lowest BCUT2D eigenvalue weighted by Gasteiger charge is -2.36. The zero-order valence-electron chi connectivity index (χ0n) is 14.7. The number of benzene rings is 1. The molecule has 3 rings (SSSR count). The molecule has 1 aliphatic heterocycles. The summed E-state index contributed by atoms with van der Waals surface area (Å²) in [6, 6.07) is 8.93. The topological polar surface area (TPSA) is 36.4 Å². The summed E-state index contributed by atoms with van der Waals surface area (Å²) in [6.07, 6.45) is 3.30. The van der Waals surface area contributed by atoms with Crippen molar-refractivity contribution in [3.63, 3.8) is 0 Å². The standard InChI is InChI=1S/C19H25N3OS/c1-14-18(24-13-20-14)19(23)22-11-5-4-6-17(22)16-9-7-15(8-10-16)12-21(2)3/h7-10,13,17H,4-6,11-12H2,1-3H3/t17-/m1/s1. The van der Waals surface area contributed by atoms with Gasteiger partial charge in [0.1, 0.15) is 4.88 Å². The first-order valence-corrected chi connectivity index (χ1v) is 9.39. The van der Waals surface area contributed by atoms with Crippen LogP contribution < -0.4 is 0 Å². The Morgan fingerprint density at radius 3 is 2.67 bits per heavy atom. The monoisotopic (exact) mass is 343 g/mol. The van der Waals surface area contributed by atoms with E-state index in [1.807, 2.05) is 11.8 Å². The van der Waals surface area contributed by atoms with Crippen molar-refractivity contribution in [3.05, 3.63) is 51.5 Å². The number of likely N-dealkylation sites (tertiary alicyclic amines) is 1. The largest absolute Gasteiger partial charge is 0.331 e. The molecule has 24 heavy (non-hydrogen) atoms. The van der Waals surface area contributed by atoms with Crippen molar-refractivity contribution in [3.8, 4) is 0 Å². The number of aromatic nitrogens is 1. The van der Waals surface area contributed by atoms with Crippen LogP contribution in [0.25, 0.3) is 0 Å². The van der Waals surface area contributed by atoms with E-state index < -0.39 is 0 Å². The van der Waals surface area contributed by atoms with E-state index >= 15 is 0 Å². The predicted octanol–water partition coefficient (Wildman–Crippen LogP) is 3.88. The molecule has 0 saturated carbocycles. The van der Waals surface area contributed by atoms with Gasteiger partial charge in [0.15, 0.2) is 0 Å². The molecule has 4 nitrogen and oxygen atoms in total. The maximum Gasteiger partial charge on any atom is 0.266 e. The van der Waals surface area contributed by atoms with E-state index in [4.69, 9.17) is 0 Å². The summed E-state index contributed by atoms with van der Waals surface area (Å²) in [7, 11) is 4.15. The molecular formula is C19H25N3OS. The Morgan fingerprint density at radius 2 is 2.04 bits per heavy atom. The third-order valence-electron chi connectivity index (χ3n) is 4.57.